The third-order valence-electron chi connectivity index (χ3n) is 6.29. The first-order valence-corrected chi connectivity index (χ1v) is 11.9. The van der Waals surface area contributed by atoms with Crippen LogP contribution in [0.5, 0.6) is 0 Å². The molecule has 0 N–H and O–H groups in total. The molecule has 2 aliphatic rings. The zero-order chi connectivity index (χ0) is 24.5. The van der Waals surface area contributed by atoms with Crippen molar-refractivity contribution < 1.29 is 31.2 Å². The summed E-state index contributed by atoms with van der Waals surface area (Å²) in [5.74, 6) is -0.474. The van der Waals surface area contributed by atoms with Crippen LogP contribution < -0.4 is 4.90 Å². The summed E-state index contributed by atoms with van der Waals surface area (Å²) >= 11 is 0. The Hall–Kier alpha value is -3.47. The van der Waals surface area contributed by atoms with Gasteiger partial charge in [-0.1, -0.05) is 12.1 Å². The van der Waals surface area contributed by atoms with E-state index in [0.29, 0.717) is 12.8 Å². The van der Waals surface area contributed by atoms with Crippen molar-refractivity contribution >= 4 is 38.4 Å². The van der Waals surface area contributed by atoms with Gasteiger partial charge in [-0.05, 0) is 67.3 Å². The van der Waals surface area contributed by atoms with Crippen LogP contribution in [0.4, 0.5) is 23.7 Å². The number of nitrogens with zero attached hydrogens (tertiary/aromatic N) is 3. The molecule has 3 aromatic rings. The fourth-order valence-electron chi connectivity index (χ4n) is 4.30. The minimum atomic E-state index is -5.53. The van der Waals surface area contributed by atoms with Crippen molar-refractivity contribution in [3.8, 4) is 0 Å². The number of alkyl halides is 3. The largest absolute Gasteiger partial charge is 0.501 e. The highest BCUT2D eigenvalue weighted by Crippen LogP contribution is 2.50. The lowest BCUT2D eigenvalue weighted by atomic mass is 10.1. The van der Waals surface area contributed by atoms with Gasteiger partial charge in [0.15, 0.2) is 0 Å². The Morgan fingerprint density at radius 2 is 1.71 bits per heavy atom. The number of imide groups is 1. The van der Waals surface area contributed by atoms with Crippen LogP contribution in [0.1, 0.15) is 24.0 Å². The number of halogens is 3. The minimum absolute atomic E-state index is 0.0140. The highest BCUT2D eigenvalue weighted by atomic mass is 32.2. The smallest absolute Gasteiger partial charge is 0.305 e. The number of pyridine rings is 1. The number of anilines is 1. The molecule has 7 nitrogen and oxygen atoms in total. The van der Waals surface area contributed by atoms with E-state index in [-0.39, 0.29) is 12.2 Å². The van der Waals surface area contributed by atoms with E-state index in [1.54, 1.807) is 12.3 Å². The van der Waals surface area contributed by atoms with Crippen LogP contribution in [0.25, 0.3) is 10.9 Å². The van der Waals surface area contributed by atoms with Crippen LogP contribution in [-0.2, 0) is 21.2 Å². The van der Waals surface area contributed by atoms with Crippen molar-refractivity contribution in [2.45, 2.75) is 42.3 Å². The van der Waals surface area contributed by atoms with E-state index in [2.05, 4.69) is 4.98 Å². The Kier molecular flexibility index (Phi) is 4.77. The summed E-state index contributed by atoms with van der Waals surface area (Å²) < 4.78 is 61.7. The van der Waals surface area contributed by atoms with Crippen molar-refractivity contribution in [1.82, 2.24) is 9.88 Å². The number of sulfone groups is 1. The number of urea groups is 1. The normalized spacial score (nSPS) is 17.8. The van der Waals surface area contributed by atoms with Gasteiger partial charge < -0.3 is 4.90 Å². The molecule has 1 aliphatic carbocycles. The first-order valence-electron chi connectivity index (χ1n) is 10.4. The summed E-state index contributed by atoms with van der Waals surface area (Å²) in [6.45, 7) is 2.10. The zero-order valence-electron chi connectivity index (χ0n) is 17.8. The monoisotopic (exact) mass is 489 g/mol. The fourth-order valence-corrected chi connectivity index (χ4v) is 5.06. The highest BCUT2D eigenvalue weighted by Gasteiger charge is 2.65. The van der Waals surface area contributed by atoms with Gasteiger partial charge in [0.1, 0.15) is 5.54 Å². The summed E-state index contributed by atoms with van der Waals surface area (Å²) in [5.41, 5.74) is -3.84. The molecule has 1 saturated heterocycles. The van der Waals surface area contributed by atoms with Crippen LogP contribution in [-0.4, -0.2) is 41.3 Å². The number of benzene rings is 2. The minimum Gasteiger partial charge on any atom is -0.305 e. The Labute approximate surface area is 192 Å². The van der Waals surface area contributed by atoms with E-state index >= 15 is 0 Å². The number of carbonyl (C=O) groups is 2. The predicted octanol–water partition coefficient (Wildman–Crippen LogP) is 4.34. The molecule has 2 aromatic carbocycles. The van der Waals surface area contributed by atoms with Crippen molar-refractivity contribution in [3.63, 3.8) is 0 Å². The molecule has 2 heterocycles. The lowest BCUT2D eigenvalue weighted by Gasteiger charge is -2.22. The fraction of sp³-hybridized carbons (Fsp3) is 0.261. The maximum atomic E-state index is 13.3. The number of fused-ring (bicyclic) bond motifs is 1. The second-order valence-electron chi connectivity index (χ2n) is 8.47. The molecule has 11 heteroatoms. The Balaban J connectivity index is 1.48. The van der Waals surface area contributed by atoms with Crippen LogP contribution in [0.3, 0.4) is 0 Å². The standard InChI is InChI=1S/C23H18F3N3O4S/c1-14-2-7-18-15(8-11-27-19(18)12-14)13-28-21(31)29(20(30)22(28)9-10-22)16-3-5-17(6-4-16)34(32,33)23(24,25)26/h2-8,11-12H,9-10,13H2,1H3. The van der Waals surface area contributed by atoms with Gasteiger partial charge in [-0.15, -0.1) is 0 Å². The van der Waals surface area contributed by atoms with Crippen molar-refractivity contribution in [2.24, 2.45) is 0 Å². The zero-order valence-corrected chi connectivity index (χ0v) is 18.7. The summed E-state index contributed by atoms with van der Waals surface area (Å²) in [7, 11) is -5.53. The first kappa shape index (κ1) is 22.3. The molecule has 1 aliphatic heterocycles. The molecule has 34 heavy (non-hydrogen) atoms. The molecular formula is C23H18F3N3O4S. The van der Waals surface area contributed by atoms with E-state index in [9.17, 15) is 31.2 Å². The SMILES string of the molecule is Cc1ccc2c(CN3C(=O)N(c4ccc(S(=O)(=O)C(F)(F)F)cc4)C(=O)C34CC4)ccnc2c1. The number of hydrogen-bond acceptors (Lipinski definition) is 5. The van der Waals surface area contributed by atoms with Gasteiger partial charge in [-0.3, -0.25) is 9.78 Å². The lowest BCUT2D eigenvalue weighted by Crippen LogP contribution is -2.36. The van der Waals surface area contributed by atoms with Crippen molar-refractivity contribution in [2.75, 3.05) is 4.90 Å². The Morgan fingerprint density at radius 3 is 2.32 bits per heavy atom. The molecule has 2 fully saturated rings. The van der Waals surface area contributed by atoms with Crippen LogP contribution in [0, 0.1) is 6.92 Å². The quantitative estimate of drug-likeness (QED) is 0.509. The molecule has 0 bridgehead atoms. The first-order chi connectivity index (χ1) is 16.0. The molecule has 0 radical (unpaired) electrons. The second-order valence-corrected chi connectivity index (χ2v) is 10.4. The Morgan fingerprint density at radius 1 is 1.03 bits per heavy atom. The van der Waals surface area contributed by atoms with E-state index < -0.39 is 37.7 Å². The summed E-state index contributed by atoms with van der Waals surface area (Å²) in [5, 5.41) is 0.851. The maximum Gasteiger partial charge on any atom is 0.501 e. The molecule has 176 valence electrons. The number of aromatic nitrogens is 1. The average Bonchev–Trinajstić information content (AvgIpc) is 3.55. The van der Waals surface area contributed by atoms with Gasteiger partial charge >= 0.3 is 11.5 Å². The highest BCUT2D eigenvalue weighted by molar-refractivity contribution is 7.92. The van der Waals surface area contributed by atoms with E-state index in [0.717, 1.165) is 51.2 Å². The molecule has 1 spiro atoms. The van der Waals surface area contributed by atoms with Crippen molar-refractivity contribution in [1.29, 1.82) is 0 Å². The van der Waals surface area contributed by atoms with Crippen LogP contribution >= 0.6 is 0 Å². The van der Waals surface area contributed by atoms with Crippen LogP contribution in [0.15, 0.2) is 59.6 Å². The van der Waals surface area contributed by atoms with E-state index in [4.69, 9.17) is 0 Å². The molecule has 5 rings (SSSR count). The lowest BCUT2D eigenvalue weighted by molar-refractivity contribution is -0.120. The summed E-state index contributed by atoms with van der Waals surface area (Å²) in [6, 6.07) is 10.5. The predicted molar refractivity (Wildman–Crippen MR) is 117 cm³/mol. The maximum absolute atomic E-state index is 13.3. The van der Waals surface area contributed by atoms with Crippen molar-refractivity contribution in [3.05, 3.63) is 65.9 Å². The molecule has 1 saturated carbocycles. The van der Waals surface area contributed by atoms with E-state index in [1.807, 2.05) is 25.1 Å². The van der Waals surface area contributed by atoms with Gasteiger partial charge in [-0.25, -0.2) is 18.1 Å². The average molecular weight is 489 g/mol. The van der Waals surface area contributed by atoms with Crippen LogP contribution in [0.2, 0.25) is 0 Å². The third-order valence-corrected chi connectivity index (χ3v) is 7.79. The molecular weight excluding hydrogens is 471 g/mol. The number of aryl methyl sites for hydroxylation is 1. The number of carbonyl (C=O) groups excluding carboxylic acids is 2. The van der Waals surface area contributed by atoms with E-state index in [1.165, 1.54) is 4.90 Å². The second kappa shape index (κ2) is 7.26. The summed E-state index contributed by atoms with van der Waals surface area (Å²) in [6.07, 6.45) is 2.57. The summed E-state index contributed by atoms with van der Waals surface area (Å²) in [4.78, 5) is 32.3. The molecule has 3 amide bonds. The van der Waals surface area contributed by atoms with Gasteiger partial charge in [-0.2, -0.15) is 13.2 Å². The van der Waals surface area contributed by atoms with Gasteiger partial charge in [0, 0.05) is 18.1 Å². The molecule has 0 unspecified atom stereocenters. The number of rotatable bonds is 4. The topological polar surface area (TPSA) is 87.7 Å². The van der Waals surface area contributed by atoms with Gasteiger partial charge in [0.25, 0.3) is 15.7 Å². The van der Waals surface area contributed by atoms with Gasteiger partial charge in [0.05, 0.1) is 16.1 Å². The molecule has 0 atom stereocenters. The molecule has 1 aromatic heterocycles. The van der Waals surface area contributed by atoms with Gasteiger partial charge in [0.2, 0.25) is 0 Å². The number of hydrogen-bond donors (Lipinski definition) is 0. The Bertz CT molecular complexity index is 1450. The third kappa shape index (κ3) is 3.25. The number of amides is 3.